The van der Waals surface area contributed by atoms with Crippen molar-refractivity contribution in [3.05, 3.63) is 35.4 Å². The molecular weight excluding hydrogens is 236 g/mol. The normalized spacial score (nSPS) is 26.5. The molecule has 1 heterocycles. The second-order valence-electron chi connectivity index (χ2n) is 5.15. The van der Waals surface area contributed by atoms with Gasteiger partial charge in [-0.2, -0.15) is 0 Å². The Morgan fingerprint density at radius 2 is 1.89 bits per heavy atom. The largest absolute Gasteiger partial charge is 0.387 e. The van der Waals surface area contributed by atoms with Gasteiger partial charge in [0.2, 0.25) is 0 Å². The summed E-state index contributed by atoms with van der Waals surface area (Å²) < 4.78 is 26.4. The van der Waals surface area contributed by atoms with Crippen molar-refractivity contribution in [1.82, 2.24) is 4.90 Å². The number of aliphatic hydroxyl groups is 1. The fourth-order valence-corrected chi connectivity index (χ4v) is 2.68. The zero-order chi connectivity index (χ0) is 13.3. The SMILES string of the molecule is CC1CCC(C)N1CC(O)c1ccc(F)cc1F. The van der Waals surface area contributed by atoms with Crippen LogP contribution in [0.15, 0.2) is 18.2 Å². The van der Waals surface area contributed by atoms with Crippen LogP contribution in [0.25, 0.3) is 0 Å². The molecule has 1 saturated heterocycles. The third-order valence-electron chi connectivity index (χ3n) is 3.84. The molecule has 1 N–H and O–H groups in total. The molecule has 0 aromatic heterocycles. The number of aliphatic hydroxyl groups excluding tert-OH is 1. The van der Waals surface area contributed by atoms with E-state index in [0.29, 0.717) is 18.6 Å². The Kier molecular flexibility index (Phi) is 3.97. The lowest BCUT2D eigenvalue weighted by atomic mass is 10.1. The molecule has 0 amide bonds. The minimum atomic E-state index is -0.909. The van der Waals surface area contributed by atoms with Crippen molar-refractivity contribution >= 4 is 0 Å². The maximum absolute atomic E-state index is 13.6. The smallest absolute Gasteiger partial charge is 0.131 e. The molecule has 18 heavy (non-hydrogen) atoms. The summed E-state index contributed by atoms with van der Waals surface area (Å²) in [4.78, 5) is 2.17. The Balaban J connectivity index is 2.09. The van der Waals surface area contributed by atoms with Crippen LogP contribution in [0.3, 0.4) is 0 Å². The molecule has 0 aliphatic carbocycles. The highest BCUT2D eigenvalue weighted by atomic mass is 19.1. The summed E-state index contributed by atoms with van der Waals surface area (Å²) in [5, 5.41) is 10.1. The Labute approximate surface area is 106 Å². The number of likely N-dealkylation sites (tertiary alicyclic amines) is 1. The van der Waals surface area contributed by atoms with Gasteiger partial charge < -0.3 is 5.11 Å². The van der Waals surface area contributed by atoms with E-state index in [0.717, 1.165) is 18.9 Å². The van der Waals surface area contributed by atoms with Gasteiger partial charge in [0.05, 0.1) is 6.10 Å². The monoisotopic (exact) mass is 255 g/mol. The van der Waals surface area contributed by atoms with Crippen molar-refractivity contribution in [2.24, 2.45) is 0 Å². The number of halogens is 2. The summed E-state index contributed by atoms with van der Waals surface area (Å²) in [6.07, 6.45) is 1.29. The maximum Gasteiger partial charge on any atom is 0.131 e. The van der Waals surface area contributed by atoms with Gasteiger partial charge >= 0.3 is 0 Å². The van der Waals surface area contributed by atoms with E-state index in [2.05, 4.69) is 18.7 Å². The predicted molar refractivity (Wildman–Crippen MR) is 66.2 cm³/mol. The van der Waals surface area contributed by atoms with Gasteiger partial charge in [0, 0.05) is 30.3 Å². The average Bonchev–Trinajstić information content (AvgIpc) is 2.60. The van der Waals surface area contributed by atoms with E-state index in [4.69, 9.17) is 0 Å². The summed E-state index contributed by atoms with van der Waals surface area (Å²) in [5.74, 6) is -1.30. The minimum Gasteiger partial charge on any atom is -0.387 e. The van der Waals surface area contributed by atoms with Crippen molar-refractivity contribution < 1.29 is 13.9 Å². The quantitative estimate of drug-likeness (QED) is 0.897. The van der Waals surface area contributed by atoms with Crippen LogP contribution in [0.2, 0.25) is 0 Å². The molecule has 3 atom stereocenters. The van der Waals surface area contributed by atoms with Crippen molar-refractivity contribution in [1.29, 1.82) is 0 Å². The zero-order valence-corrected chi connectivity index (χ0v) is 10.7. The second kappa shape index (κ2) is 5.33. The lowest BCUT2D eigenvalue weighted by Gasteiger charge is -2.28. The van der Waals surface area contributed by atoms with Crippen molar-refractivity contribution in [2.75, 3.05) is 6.54 Å². The molecule has 4 heteroatoms. The molecule has 0 spiro atoms. The van der Waals surface area contributed by atoms with Gasteiger partial charge in [0.15, 0.2) is 0 Å². The van der Waals surface area contributed by atoms with E-state index in [1.165, 1.54) is 12.1 Å². The van der Waals surface area contributed by atoms with Crippen molar-refractivity contribution in [3.8, 4) is 0 Å². The standard InChI is InChI=1S/C14H19F2NO/c1-9-3-4-10(2)17(9)8-14(18)12-6-5-11(15)7-13(12)16/h5-7,9-10,14,18H,3-4,8H2,1-2H3. The number of nitrogens with zero attached hydrogens (tertiary/aromatic N) is 1. The van der Waals surface area contributed by atoms with Gasteiger partial charge in [-0.05, 0) is 32.8 Å². The molecule has 1 aromatic carbocycles. The summed E-state index contributed by atoms with van der Waals surface area (Å²) in [6, 6.07) is 4.12. The first-order valence-electron chi connectivity index (χ1n) is 6.37. The predicted octanol–water partition coefficient (Wildman–Crippen LogP) is 2.87. The van der Waals surface area contributed by atoms with Crippen LogP contribution in [0, 0.1) is 11.6 Å². The highest BCUT2D eigenvalue weighted by Gasteiger charge is 2.29. The van der Waals surface area contributed by atoms with Crippen LogP contribution in [0.5, 0.6) is 0 Å². The van der Waals surface area contributed by atoms with E-state index in [1.807, 2.05) is 0 Å². The molecule has 1 aliphatic rings. The molecule has 1 fully saturated rings. The molecule has 100 valence electrons. The van der Waals surface area contributed by atoms with Gasteiger partial charge in [-0.25, -0.2) is 8.78 Å². The fourth-order valence-electron chi connectivity index (χ4n) is 2.68. The average molecular weight is 255 g/mol. The lowest BCUT2D eigenvalue weighted by Crippen LogP contribution is -2.36. The molecule has 1 aromatic rings. The van der Waals surface area contributed by atoms with E-state index in [9.17, 15) is 13.9 Å². The molecule has 3 unspecified atom stereocenters. The first-order valence-corrected chi connectivity index (χ1v) is 6.37. The first kappa shape index (κ1) is 13.4. The molecule has 0 saturated carbocycles. The van der Waals surface area contributed by atoms with Crippen LogP contribution in [-0.2, 0) is 0 Å². The zero-order valence-electron chi connectivity index (χ0n) is 10.7. The van der Waals surface area contributed by atoms with Crippen molar-refractivity contribution in [3.63, 3.8) is 0 Å². The van der Waals surface area contributed by atoms with E-state index in [-0.39, 0.29) is 5.56 Å². The highest BCUT2D eigenvalue weighted by molar-refractivity contribution is 5.21. The number of benzene rings is 1. The Bertz CT molecular complexity index is 414. The van der Waals surface area contributed by atoms with Gasteiger partial charge in [0.1, 0.15) is 11.6 Å². The third kappa shape index (κ3) is 2.70. The summed E-state index contributed by atoms with van der Waals surface area (Å²) in [5.41, 5.74) is 0.169. The van der Waals surface area contributed by atoms with Crippen LogP contribution < -0.4 is 0 Å². The molecule has 1 aliphatic heterocycles. The van der Waals surface area contributed by atoms with Gasteiger partial charge in [-0.3, -0.25) is 4.90 Å². The van der Waals surface area contributed by atoms with Crippen molar-refractivity contribution in [2.45, 2.75) is 44.9 Å². The number of hydrogen-bond acceptors (Lipinski definition) is 2. The third-order valence-corrected chi connectivity index (χ3v) is 3.84. The maximum atomic E-state index is 13.6. The van der Waals surface area contributed by atoms with Gasteiger partial charge in [0.25, 0.3) is 0 Å². The summed E-state index contributed by atoms with van der Waals surface area (Å²) in [6.45, 7) is 4.61. The number of rotatable bonds is 3. The minimum absolute atomic E-state index is 0.169. The van der Waals surface area contributed by atoms with Crippen LogP contribution in [0.1, 0.15) is 38.4 Å². The lowest BCUT2D eigenvalue weighted by molar-refractivity contribution is 0.0887. The molecule has 2 nitrogen and oxygen atoms in total. The van der Waals surface area contributed by atoms with Crippen LogP contribution in [0.4, 0.5) is 8.78 Å². The number of β-amino-alcohol motifs (C(OH)–C–C–N with tert-alkyl or cyclic N) is 1. The first-order chi connectivity index (χ1) is 8.49. The summed E-state index contributed by atoms with van der Waals surface area (Å²) in [7, 11) is 0. The van der Waals surface area contributed by atoms with E-state index >= 15 is 0 Å². The Hall–Kier alpha value is -1.00. The summed E-state index contributed by atoms with van der Waals surface area (Å²) >= 11 is 0. The van der Waals surface area contributed by atoms with Crippen LogP contribution in [-0.4, -0.2) is 28.6 Å². The molecule has 0 bridgehead atoms. The number of hydrogen-bond donors (Lipinski definition) is 1. The van der Waals surface area contributed by atoms with E-state index < -0.39 is 17.7 Å². The second-order valence-corrected chi connectivity index (χ2v) is 5.15. The molecular formula is C14H19F2NO. The van der Waals surface area contributed by atoms with E-state index in [1.54, 1.807) is 0 Å². The molecule has 2 rings (SSSR count). The topological polar surface area (TPSA) is 23.5 Å². The van der Waals surface area contributed by atoms with Gasteiger partial charge in [-0.1, -0.05) is 6.07 Å². The molecule has 0 radical (unpaired) electrons. The fraction of sp³-hybridized carbons (Fsp3) is 0.571. The Morgan fingerprint density at radius 1 is 1.28 bits per heavy atom. The Morgan fingerprint density at radius 3 is 2.44 bits per heavy atom. The highest BCUT2D eigenvalue weighted by Crippen LogP contribution is 2.27. The van der Waals surface area contributed by atoms with Crippen LogP contribution >= 0.6 is 0 Å². The van der Waals surface area contributed by atoms with Gasteiger partial charge in [-0.15, -0.1) is 0 Å².